The highest BCUT2D eigenvalue weighted by atomic mass is 32.2. The van der Waals surface area contributed by atoms with Gasteiger partial charge in [-0.15, -0.1) is 0 Å². The van der Waals surface area contributed by atoms with Crippen LogP contribution in [0.15, 0.2) is 0 Å². The third-order valence-electron chi connectivity index (χ3n) is 4.83. The van der Waals surface area contributed by atoms with E-state index < -0.39 is 0 Å². The van der Waals surface area contributed by atoms with Gasteiger partial charge >= 0.3 is 5.30 Å². The molecule has 0 spiro atoms. The number of thioether (sulfide) groups is 1. The molecule has 2 fully saturated rings. The summed E-state index contributed by atoms with van der Waals surface area (Å²) in [6.45, 7) is 17.6. The van der Waals surface area contributed by atoms with E-state index in [1.807, 2.05) is 0 Å². The van der Waals surface area contributed by atoms with Crippen LogP contribution in [-0.2, 0) is 4.74 Å². The predicted octanol–water partition coefficient (Wildman–Crippen LogP) is 4.47. The number of nitrogens with one attached hydrogen (secondary N) is 2. The Morgan fingerprint density at radius 1 is 0.792 bits per heavy atom. The third-order valence-corrected chi connectivity index (χ3v) is 5.79. The van der Waals surface area contributed by atoms with E-state index in [9.17, 15) is 4.79 Å². The van der Waals surface area contributed by atoms with E-state index >= 15 is 0 Å². The molecule has 0 unspecified atom stereocenters. The van der Waals surface area contributed by atoms with Gasteiger partial charge in [-0.1, -0.05) is 0 Å². The van der Waals surface area contributed by atoms with Crippen molar-refractivity contribution >= 4 is 17.1 Å². The summed E-state index contributed by atoms with van der Waals surface area (Å²) in [7, 11) is 0. The van der Waals surface area contributed by atoms with Gasteiger partial charge in [0.05, 0.1) is 0 Å². The maximum atomic E-state index is 12.5. The fourth-order valence-corrected chi connectivity index (χ4v) is 6.39. The van der Waals surface area contributed by atoms with Gasteiger partial charge in [-0.2, -0.15) is 0 Å². The SMILES string of the molecule is CC1(C)CC(OC(=O)SC2CC(C)(C)NC(C)(C)C2)CC(C)(C)N1. The Morgan fingerprint density at radius 3 is 1.58 bits per heavy atom. The second-order valence-corrected chi connectivity index (χ2v) is 11.6. The van der Waals surface area contributed by atoms with Crippen LogP contribution in [0.1, 0.15) is 81.1 Å². The molecule has 24 heavy (non-hydrogen) atoms. The highest BCUT2D eigenvalue weighted by Crippen LogP contribution is 2.37. The summed E-state index contributed by atoms with van der Waals surface area (Å²) in [4.78, 5) is 12.5. The first kappa shape index (κ1) is 20.1. The van der Waals surface area contributed by atoms with E-state index in [0.29, 0.717) is 5.25 Å². The van der Waals surface area contributed by atoms with Crippen molar-refractivity contribution in [3.63, 3.8) is 0 Å². The predicted molar refractivity (Wildman–Crippen MR) is 103 cm³/mol. The van der Waals surface area contributed by atoms with Crippen LogP contribution < -0.4 is 10.6 Å². The summed E-state index contributed by atoms with van der Waals surface area (Å²) >= 11 is 1.40. The van der Waals surface area contributed by atoms with Gasteiger partial charge in [0, 0.05) is 40.2 Å². The Kier molecular flexibility index (Phi) is 5.41. The molecule has 2 heterocycles. The standard InChI is InChI=1S/C19H36N2O2S/c1-16(2)9-13(10-17(3,4)20-16)23-15(22)24-14-11-18(5,6)21-19(7,8)12-14/h13-14,20-21H,9-12H2,1-8H3. The summed E-state index contributed by atoms with van der Waals surface area (Å²) in [6.07, 6.45) is 3.70. The second kappa shape index (κ2) is 6.48. The fraction of sp³-hybridized carbons (Fsp3) is 0.947. The first-order valence-corrected chi connectivity index (χ1v) is 10.0. The quantitative estimate of drug-likeness (QED) is 0.715. The molecule has 0 radical (unpaired) electrons. The first-order chi connectivity index (χ1) is 10.7. The van der Waals surface area contributed by atoms with Crippen LogP contribution in [0.5, 0.6) is 0 Å². The minimum absolute atomic E-state index is 0.000939. The Hall–Kier alpha value is -0.260. The van der Waals surface area contributed by atoms with E-state index in [1.165, 1.54) is 11.8 Å². The van der Waals surface area contributed by atoms with Crippen LogP contribution in [0.4, 0.5) is 4.79 Å². The lowest BCUT2D eigenvalue weighted by molar-refractivity contribution is 0.0311. The molecule has 2 aliphatic rings. The molecule has 2 rings (SSSR count). The molecule has 0 aromatic rings. The highest BCUT2D eigenvalue weighted by Gasteiger charge is 2.41. The van der Waals surface area contributed by atoms with Crippen LogP contribution in [-0.4, -0.2) is 38.8 Å². The van der Waals surface area contributed by atoms with Crippen molar-refractivity contribution in [2.45, 2.75) is 115 Å². The highest BCUT2D eigenvalue weighted by molar-refractivity contribution is 8.13. The Morgan fingerprint density at radius 2 is 1.17 bits per heavy atom. The summed E-state index contributed by atoms with van der Waals surface area (Å²) in [5, 5.41) is 7.50. The Labute approximate surface area is 152 Å². The molecule has 4 nitrogen and oxygen atoms in total. The molecule has 0 aliphatic carbocycles. The molecule has 2 aliphatic heterocycles. The maximum absolute atomic E-state index is 12.5. The van der Waals surface area contributed by atoms with Crippen LogP contribution in [0, 0.1) is 0 Å². The largest absolute Gasteiger partial charge is 0.454 e. The van der Waals surface area contributed by atoms with Gasteiger partial charge in [0.25, 0.3) is 0 Å². The third kappa shape index (κ3) is 5.92. The Bertz CT molecular complexity index is 412. The number of carbonyl (C=O) groups excluding carboxylic acids is 1. The van der Waals surface area contributed by atoms with Crippen LogP contribution in [0.25, 0.3) is 0 Å². The number of carbonyl (C=O) groups is 1. The van der Waals surface area contributed by atoms with Gasteiger partial charge in [0.1, 0.15) is 6.10 Å². The lowest BCUT2D eigenvalue weighted by Crippen LogP contribution is -2.60. The van der Waals surface area contributed by atoms with Crippen molar-refractivity contribution in [2.24, 2.45) is 0 Å². The zero-order valence-corrected chi connectivity index (χ0v) is 17.5. The molecule has 2 saturated heterocycles. The molecule has 0 aromatic heterocycles. The van der Waals surface area contributed by atoms with Crippen molar-refractivity contribution in [3.8, 4) is 0 Å². The number of hydrogen-bond acceptors (Lipinski definition) is 5. The van der Waals surface area contributed by atoms with Gasteiger partial charge in [-0.3, -0.25) is 0 Å². The zero-order chi connectivity index (χ0) is 18.4. The molecular weight excluding hydrogens is 320 g/mol. The van der Waals surface area contributed by atoms with E-state index in [0.717, 1.165) is 25.7 Å². The molecule has 0 atom stereocenters. The molecule has 0 amide bonds. The van der Waals surface area contributed by atoms with E-state index in [-0.39, 0.29) is 33.6 Å². The van der Waals surface area contributed by atoms with Crippen molar-refractivity contribution in [2.75, 3.05) is 0 Å². The Balaban J connectivity index is 1.93. The van der Waals surface area contributed by atoms with Gasteiger partial charge in [0.2, 0.25) is 0 Å². The number of piperidine rings is 2. The maximum Gasteiger partial charge on any atom is 0.367 e. The van der Waals surface area contributed by atoms with Crippen molar-refractivity contribution in [3.05, 3.63) is 0 Å². The van der Waals surface area contributed by atoms with Crippen molar-refractivity contribution in [1.82, 2.24) is 10.6 Å². The lowest BCUT2D eigenvalue weighted by atomic mass is 9.81. The molecule has 0 bridgehead atoms. The molecule has 2 N–H and O–H groups in total. The smallest absolute Gasteiger partial charge is 0.367 e. The first-order valence-electron chi connectivity index (χ1n) is 9.13. The van der Waals surface area contributed by atoms with E-state index in [1.54, 1.807) is 0 Å². The van der Waals surface area contributed by atoms with Gasteiger partial charge in [0.15, 0.2) is 0 Å². The van der Waals surface area contributed by atoms with Gasteiger partial charge in [-0.05, 0) is 80.0 Å². The summed E-state index contributed by atoms with van der Waals surface area (Å²) < 4.78 is 5.87. The van der Waals surface area contributed by atoms with Crippen LogP contribution in [0.2, 0.25) is 0 Å². The molecule has 0 saturated carbocycles. The second-order valence-electron chi connectivity index (χ2n) is 10.3. The van der Waals surface area contributed by atoms with Gasteiger partial charge in [-0.25, -0.2) is 4.79 Å². The van der Waals surface area contributed by atoms with Crippen LogP contribution in [0.3, 0.4) is 0 Å². The normalized spacial score (nSPS) is 29.2. The molecule has 5 heteroatoms. The van der Waals surface area contributed by atoms with Crippen LogP contribution >= 0.6 is 11.8 Å². The molecule has 140 valence electrons. The molecule has 0 aromatic carbocycles. The average Bonchev–Trinajstić information content (AvgIpc) is 2.17. The van der Waals surface area contributed by atoms with Crippen molar-refractivity contribution < 1.29 is 9.53 Å². The monoisotopic (exact) mass is 356 g/mol. The summed E-state index contributed by atoms with van der Waals surface area (Å²) in [6, 6.07) is 0. The topological polar surface area (TPSA) is 50.4 Å². The minimum Gasteiger partial charge on any atom is -0.454 e. The number of hydrogen-bond donors (Lipinski definition) is 2. The van der Waals surface area contributed by atoms with E-state index in [2.05, 4.69) is 66.0 Å². The number of rotatable bonds is 2. The summed E-state index contributed by atoms with van der Waals surface area (Å²) in [5.41, 5.74) is 0.100. The zero-order valence-electron chi connectivity index (χ0n) is 16.7. The number of ether oxygens (including phenoxy) is 1. The van der Waals surface area contributed by atoms with E-state index in [4.69, 9.17) is 4.74 Å². The lowest BCUT2D eigenvalue weighted by Gasteiger charge is -2.47. The molecular formula is C19H36N2O2S. The summed E-state index contributed by atoms with van der Waals surface area (Å²) in [5.74, 6) is 0. The van der Waals surface area contributed by atoms with Crippen molar-refractivity contribution in [1.29, 1.82) is 0 Å². The minimum atomic E-state index is -0.105. The average molecular weight is 357 g/mol. The van der Waals surface area contributed by atoms with Gasteiger partial charge < -0.3 is 15.4 Å². The fourth-order valence-electron chi connectivity index (χ4n) is 4.92.